The largest absolute Gasteiger partial charge is 0.378 e. The summed E-state index contributed by atoms with van der Waals surface area (Å²) in [4.78, 5) is 11.8. The maximum absolute atomic E-state index is 11.8. The van der Waals surface area contributed by atoms with E-state index in [1.807, 2.05) is 0 Å². The van der Waals surface area contributed by atoms with Crippen LogP contribution in [0.5, 0.6) is 0 Å². The molecule has 1 aliphatic carbocycles. The van der Waals surface area contributed by atoms with Crippen molar-refractivity contribution in [3.05, 3.63) is 35.9 Å². The molecule has 1 saturated carbocycles. The van der Waals surface area contributed by atoms with Crippen LogP contribution in [0, 0.1) is 0 Å². The van der Waals surface area contributed by atoms with E-state index in [0.717, 1.165) is 31.1 Å². The molecule has 0 saturated heterocycles. The van der Waals surface area contributed by atoms with Crippen molar-refractivity contribution in [2.75, 3.05) is 24.1 Å². The molecule has 1 fully saturated rings. The van der Waals surface area contributed by atoms with Crippen molar-refractivity contribution in [2.24, 2.45) is 0 Å². The van der Waals surface area contributed by atoms with Gasteiger partial charge in [-0.25, -0.2) is 8.42 Å². The van der Waals surface area contributed by atoms with E-state index in [4.69, 9.17) is 4.74 Å². The lowest BCUT2D eigenvalue weighted by atomic mass is 9.98. The van der Waals surface area contributed by atoms with Crippen molar-refractivity contribution in [1.82, 2.24) is 5.32 Å². The molecule has 2 N–H and O–H groups in total. The fourth-order valence-corrected chi connectivity index (χ4v) is 3.44. The molecule has 26 heavy (non-hydrogen) atoms. The molecule has 6 nitrogen and oxygen atoms in total. The van der Waals surface area contributed by atoms with Crippen molar-refractivity contribution >= 4 is 27.7 Å². The highest BCUT2D eigenvalue weighted by Gasteiger charge is 2.12. The first-order valence-corrected chi connectivity index (χ1v) is 11.0. The summed E-state index contributed by atoms with van der Waals surface area (Å²) in [5.41, 5.74) is 1.31. The van der Waals surface area contributed by atoms with Crippen LogP contribution >= 0.6 is 0 Å². The van der Waals surface area contributed by atoms with Crippen molar-refractivity contribution in [3.8, 4) is 0 Å². The van der Waals surface area contributed by atoms with Gasteiger partial charge in [-0.15, -0.1) is 0 Å². The minimum atomic E-state index is -3.28. The number of nitrogens with one attached hydrogen (secondary N) is 2. The lowest BCUT2D eigenvalue weighted by Crippen LogP contribution is -2.24. The van der Waals surface area contributed by atoms with E-state index in [1.54, 1.807) is 30.3 Å². The Hall–Kier alpha value is -1.86. The van der Waals surface area contributed by atoms with Gasteiger partial charge in [-0.2, -0.15) is 0 Å². The van der Waals surface area contributed by atoms with Crippen LogP contribution in [0.3, 0.4) is 0 Å². The number of ether oxygens (including phenoxy) is 1. The third-order valence-corrected chi connectivity index (χ3v) is 4.77. The Labute approximate surface area is 156 Å². The van der Waals surface area contributed by atoms with Crippen molar-refractivity contribution in [2.45, 2.75) is 44.6 Å². The minimum absolute atomic E-state index is 0.152. The molecule has 1 aromatic carbocycles. The minimum Gasteiger partial charge on any atom is -0.378 e. The maximum Gasteiger partial charge on any atom is 0.244 e. The Bertz CT molecular complexity index is 693. The molecule has 0 radical (unpaired) electrons. The van der Waals surface area contributed by atoms with Crippen LogP contribution in [0.4, 0.5) is 5.69 Å². The van der Waals surface area contributed by atoms with Gasteiger partial charge in [0.2, 0.25) is 15.9 Å². The molecule has 0 bridgehead atoms. The van der Waals surface area contributed by atoms with Gasteiger partial charge in [0.15, 0.2) is 0 Å². The van der Waals surface area contributed by atoms with Crippen molar-refractivity contribution < 1.29 is 17.9 Å². The molecule has 1 aliphatic rings. The van der Waals surface area contributed by atoms with Crippen LogP contribution in [0.15, 0.2) is 30.3 Å². The molecular weight excluding hydrogens is 352 g/mol. The number of carbonyl (C=O) groups is 1. The lowest BCUT2D eigenvalue weighted by Gasteiger charge is -2.21. The first-order valence-electron chi connectivity index (χ1n) is 9.08. The smallest absolute Gasteiger partial charge is 0.244 e. The van der Waals surface area contributed by atoms with E-state index in [9.17, 15) is 13.2 Å². The van der Waals surface area contributed by atoms with Crippen molar-refractivity contribution in [1.29, 1.82) is 0 Å². The molecule has 2 rings (SSSR count). The fourth-order valence-electron chi connectivity index (χ4n) is 2.87. The number of amides is 1. The SMILES string of the molecule is CS(=O)(=O)Nc1ccc(/C=C/C(=O)NCCCOC2CCCCC2)cc1. The number of hydrogen-bond acceptors (Lipinski definition) is 4. The zero-order valence-electron chi connectivity index (χ0n) is 15.2. The predicted octanol–water partition coefficient (Wildman–Crippen LogP) is 2.93. The third-order valence-electron chi connectivity index (χ3n) is 4.17. The lowest BCUT2D eigenvalue weighted by molar-refractivity contribution is -0.116. The predicted molar refractivity (Wildman–Crippen MR) is 104 cm³/mol. The fraction of sp³-hybridized carbons (Fsp3) is 0.526. The van der Waals surface area contributed by atoms with E-state index in [0.29, 0.717) is 24.9 Å². The standard InChI is InChI=1S/C19H28N2O4S/c1-26(23,24)21-17-11-8-16(9-12-17)10-13-19(22)20-14-5-15-25-18-6-3-2-4-7-18/h8-13,18,21H,2-7,14-15H2,1H3,(H,20,22)/b13-10+. The van der Waals surface area contributed by atoms with E-state index in [2.05, 4.69) is 10.0 Å². The van der Waals surface area contributed by atoms with Gasteiger partial charge in [-0.1, -0.05) is 31.4 Å². The summed E-state index contributed by atoms with van der Waals surface area (Å²) in [5, 5.41) is 2.84. The molecule has 0 atom stereocenters. The number of sulfonamides is 1. The number of carbonyl (C=O) groups excluding carboxylic acids is 1. The number of rotatable bonds is 9. The Morgan fingerprint density at radius 1 is 1.19 bits per heavy atom. The highest BCUT2D eigenvalue weighted by Crippen LogP contribution is 2.20. The molecule has 1 amide bonds. The van der Waals surface area contributed by atoms with Gasteiger partial charge in [0.1, 0.15) is 0 Å². The molecule has 144 valence electrons. The van der Waals surface area contributed by atoms with Gasteiger partial charge in [-0.3, -0.25) is 9.52 Å². The Kier molecular flexibility index (Phi) is 8.12. The molecule has 0 aromatic heterocycles. The second-order valence-electron chi connectivity index (χ2n) is 6.60. The molecule has 7 heteroatoms. The van der Waals surface area contributed by atoms with Gasteiger partial charge in [0.25, 0.3) is 0 Å². The van der Waals surface area contributed by atoms with Crippen LogP contribution in [0.25, 0.3) is 6.08 Å². The summed E-state index contributed by atoms with van der Waals surface area (Å²) in [6, 6.07) is 6.80. The van der Waals surface area contributed by atoms with Crippen LogP contribution < -0.4 is 10.0 Å². The summed E-state index contributed by atoms with van der Waals surface area (Å²) in [5.74, 6) is -0.152. The average molecular weight is 381 g/mol. The van der Waals surface area contributed by atoms with Gasteiger partial charge in [0.05, 0.1) is 12.4 Å². The molecule has 0 unspecified atom stereocenters. The monoisotopic (exact) mass is 380 g/mol. The van der Waals surface area contributed by atoms with E-state index < -0.39 is 10.0 Å². The molecule has 0 spiro atoms. The average Bonchev–Trinajstić information content (AvgIpc) is 2.60. The normalized spacial score (nSPS) is 15.9. The van der Waals surface area contributed by atoms with E-state index >= 15 is 0 Å². The first-order chi connectivity index (χ1) is 12.4. The molecule has 0 aliphatic heterocycles. The summed E-state index contributed by atoms with van der Waals surface area (Å²) in [6.07, 6.45) is 11.6. The highest BCUT2D eigenvalue weighted by molar-refractivity contribution is 7.92. The highest BCUT2D eigenvalue weighted by atomic mass is 32.2. The molecular formula is C19H28N2O4S. The van der Waals surface area contributed by atoms with E-state index in [-0.39, 0.29) is 5.91 Å². The van der Waals surface area contributed by atoms with Crippen LogP contribution in [-0.2, 0) is 19.6 Å². The molecule has 0 heterocycles. The quantitative estimate of drug-likeness (QED) is 0.510. The van der Waals surface area contributed by atoms with E-state index in [1.165, 1.54) is 25.3 Å². The van der Waals surface area contributed by atoms with Crippen LogP contribution in [-0.4, -0.2) is 39.8 Å². The van der Waals surface area contributed by atoms with Gasteiger partial charge >= 0.3 is 0 Å². The zero-order chi connectivity index (χ0) is 18.8. The van der Waals surface area contributed by atoms with Crippen LogP contribution in [0.1, 0.15) is 44.1 Å². The summed E-state index contributed by atoms with van der Waals surface area (Å²) in [7, 11) is -3.28. The van der Waals surface area contributed by atoms with Gasteiger partial charge in [-0.05, 0) is 43.0 Å². The molecule has 1 aromatic rings. The maximum atomic E-state index is 11.8. The van der Waals surface area contributed by atoms with Crippen LogP contribution in [0.2, 0.25) is 0 Å². The Morgan fingerprint density at radius 2 is 1.88 bits per heavy atom. The number of anilines is 1. The second-order valence-corrected chi connectivity index (χ2v) is 8.35. The number of hydrogen-bond donors (Lipinski definition) is 2. The summed E-state index contributed by atoms with van der Waals surface area (Å²) in [6.45, 7) is 1.27. The second kappa shape index (κ2) is 10.3. The van der Waals surface area contributed by atoms with Crippen molar-refractivity contribution in [3.63, 3.8) is 0 Å². The first kappa shape index (κ1) is 20.5. The number of benzene rings is 1. The Balaban J connectivity index is 1.63. The van der Waals surface area contributed by atoms with Gasteiger partial charge < -0.3 is 10.1 Å². The van der Waals surface area contributed by atoms with Gasteiger partial charge in [0, 0.05) is 24.9 Å². The topological polar surface area (TPSA) is 84.5 Å². The summed E-state index contributed by atoms with van der Waals surface area (Å²) >= 11 is 0. The summed E-state index contributed by atoms with van der Waals surface area (Å²) < 4.78 is 30.5. The zero-order valence-corrected chi connectivity index (χ0v) is 16.1. The Morgan fingerprint density at radius 3 is 2.54 bits per heavy atom. The third kappa shape index (κ3) is 8.49.